The zero-order chi connectivity index (χ0) is 54.9. The molecule has 0 aliphatic heterocycles. The number of rotatable bonds is 64. The largest absolute Gasteiger partial charge is 0.756 e. The van der Waals surface area contributed by atoms with Crippen LogP contribution in [0.15, 0.2) is 0 Å². The van der Waals surface area contributed by atoms with E-state index in [2.05, 4.69) is 19.2 Å². The Morgan fingerprint density at radius 2 is 0.653 bits per heavy atom. The Kier molecular flexibility index (Phi) is 57.8. The van der Waals surface area contributed by atoms with Gasteiger partial charge >= 0.3 is 0 Å². The van der Waals surface area contributed by atoms with Gasteiger partial charge < -0.3 is 28.8 Å². The first kappa shape index (κ1) is 74.5. The fourth-order valence-electron chi connectivity index (χ4n) is 10.8. The predicted octanol–water partition coefficient (Wildman–Crippen LogP) is 20.5. The van der Waals surface area contributed by atoms with E-state index in [0.29, 0.717) is 23.9 Å². The molecule has 0 aromatic carbocycles. The molecule has 0 aliphatic rings. The second-order valence-corrected chi connectivity index (χ2v) is 26.3. The smallest absolute Gasteiger partial charge is 0.268 e. The number of likely N-dealkylation sites (N-methyl/N-ethyl adjacent to an activating group) is 1. The van der Waals surface area contributed by atoms with Gasteiger partial charge in [-0.05, 0) is 12.8 Å². The SMILES string of the molecule is CCCCCCCCCCCCCCCCCCCCCCCCCCCCCCCCCCCCCCCCCC(=O)NC(COP(=O)([O-])OCC[N+](C)(C)C)C(O)CCCCCCCCCCCCCCCC. The monoisotopic (exact) mass is 1080 g/mol. The summed E-state index contributed by atoms with van der Waals surface area (Å²) >= 11 is 0. The van der Waals surface area contributed by atoms with Crippen LogP contribution in [0.2, 0.25) is 0 Å². The molecule has 9 heteroatoms. The number of hydrogen-bond donors (Lipinski definition) is 2. The van der Waals surface area contributed by atoms with Gasteiger partial charge in [0.25, 0.3) is 7.82 Å². The fraction of sp³-hybridized carbons (Fsp3) is 0.985. The minimum absolute atomic E-state index is 0.0166. The molecule has 0 saturated carbocycles. The first-order chi connectivity index (χ1) is 36.5. The summed E-state index contributed by atoms with van der Waals surface area (Å²) in [6.07, 6.45) is 72.0. The summed E-state index contributed by atoms with van der Waals surface area (Å²) in [5.74, 6) is -0.156. The van der Waals surface area contributed by atoms with Crippen LogP contribution in [0.25, 0.3) is 0 Å². The zero-order valence-corrected chi connectivity index (χ0v) is 52.4. The third-order valence-corrected chi connectivity index (χ3v) is 17.1. The van der Waals surface area contributed by atoms with Gasteiger partial charge in [0.05, 0.1) is 39.9 Å². The number of carbonyl (C=O) groups is 1. The summed E-state index contributed by atoms with van der Waals surface area (Å²) < 4.78 is 23.4. The summed E-state index contributed by atoms with van der Waals surface area (Å²) in [6, 6.07) is -0.795. The molecule has 2 N–H and O–H groups in total. The van der Waals surface area contributed by atoms with Gasteiger partial charge in [-0.2, -0.15) is 0 Å². The highest BCUT2D eigenvalue weighted by Gasteiger charge is 2.24. The molecule has 0 aromatic rings. The van der Waals surface area contributed by atoms with Crippen molar-refractivity contribution in [3.63, 3.8) is 0 Å². The highest BCUT2D eigenvalue weighted by atomic mass is 31.2. The third kappa shape index (κ3) is 61.0. The topological polar surface area (TPSA) is 108 Å². The van der Waals surface area contributed by atoms with Crippen LogP contribution in [0.1, 0.15) is 367 Å². The maximum Gasteiger partial charge on any atom is 0.268 e. The van der Waals surface area contributed by atoms with Crippen molar-refractivity contribution < 1.29 is 32.9 Å². The Labute approximate surface area is 470 Å². The third-order valence-electron chi connectivity index (χ3n) is 16.1. The van der Waals surface area contributed by atoms with Crippen LogP contribution in [0.5, 0.6) is 0 Å². The second kappa shape index (κ2) is 58.2. The van der Waals surface area contributed by atoms with E-state index in [-0.39, 0.29) is 19.1 Å². The van der Waals surface area contributed by atoms with Crippen molar-refractivity contribution >= 4 is 13.7 Å². The number of nitrogens with zero attached hydrogens (tertiary/aromatic N) is 1. The van der Waals surface area contributed by atoms with E-state index in [0.717, 1.165) is 38.5 Å². The zero-order valence-electron chi connectivity index (χ0n) is 51.5. The van der Waals surface area contributed by atoms with Gasteiger partial charge in [-0.15, -0.1) is 0 Å². The van der Waals surface area contributed by atoms with Gasteiger partial charge in [0.2, 0.25) is 5.91 Å². The first-order valence-corrected chi connectivity index (χ1v) is 35.3. The Morgan fingerprint density at radius 3 is 0.907 bits per heavy atom. The van der Waals surface area contributed by atoms with Crippen molar-refractivity contribution in [3.8, 4) is 0 Å². The quantitative estimate of drug-likeness (QED) is 0.0357. The summed E-state index contributed by atoms with van der Waals surface area (Å²) in [7, 11) is 1.33. The molecule has 0 bridgehead atoms. The second-order valence-electron chi connectivity index (χ2n) is 24.9. The van der Waals surface area contributed by atoms with Gasteiger partial charge in [0.1, 0.15) is 13.2 Å². The van der Waals surface area contributed by atoms with Crippen LogP contribution in [0, 0.1) is 0 Å². The predicted molar refractivity (Wildman–Crippen MR) is 326 cm³/mol. The number of nitrogens with one attached hydrogen (secondary N) is 1. The lowest BCUT2D eigenvalue weighted by atomic mass is 10.0. The Balaban J connectivity index is 3.80. The van der Waals surface area contributed by atoms with Crippen molar-refractivity contribution in [2.24, 2.45) is 0 Å². The summed E-state index contributed by atoms with van der Waals surface area (Å²) in [5.41, 5.74) is 0. The molecule has 0 heterocycles. The van der Waals surface area contributed by atoms with E-state index < -0.39 is 20.0 Å². The molecular formula is C66H135N2O6P. The van der Waals surface area contributed by atoms with Crippen molar-refractivity contribution in [3.05, 3.63) is 0 Å². The molecular weight excluding hydrogens is 948 g/mol. The van der Waals surface area contributed by atoms with Gasteiger partial charge in [0.15, 0.2) is 0 Å². The highest BCUT2D eigenvalue weighted by Crippen LogP contribution is 2.38. The maximum atomic E-state index is 13.0. The number of hydrogen-bond acceptors (Lipinski definition) is 6. The first-order valence-electron chi connectivity index (χ1n) is 33.9. The van der Waals surface area contributed by atoms with E-state index in [1.807, 2.05) is 21.1 Å². The standard InChI is InChI=1S/C66H135N2O6P/c1-6-8-10-12-14-16-18-20-22-23-24-25-26-27-28-29-30-31-32-33-34-35-36-37-38-39-40-41-42-43-44-45-46-48-50-52-54-56-58-60-66(70)67-64(63-74-75(71,72)73-62-61-68(3,4)5)65(69)59-57-55-53-51-49-47-21-19-17-15-13-11-9-7-2/h64-65,69H,6-63H2,1-5H3,(H-,67,70,71,72). The molecule has 3 unspecified atom stereocenters. The van der Waals surface area contributed by atoms with Crippen LogP contribution in [0.4, 0.5) is 0 Å². The molecule has 3 atom stereocenters. The Hall–Kier alpha value is -0.500. The average molecular weight is 1080 g/mol. The van der Waals surface area contributed by atoms with E-state index in [4.69, 9.17) is 9.05 Å². The van der Waals surface area contributed by atoms with Crippen molar-refractivity contribution in [2.45, 2.75) is 379 Å². The summed E-state index contributed by atoms with van der Waals surface area (Å²) in [6.45, 7) is 4.78. The van der Waals surface area contributed by atoms with Crippen molar-refractivity contribution in [2.75, 3.05) is 40.9 Å². The Bertz CT molecular complexity index is 1180. The number of aliphatic hydroxyl groups excluding tert-OH is 1. The summed E-state index contributed by atoms with van der Waals surface area (Å²) in [4.78, 5) is 25.5. The molecule has 8 nitrogen and oxygen atoms in total. The number of aliphatic hydroxyl groups is 1. The maximum absolute atomic E-state index is 13.0. The molecule has 0 aliphatic carbocycles. The lowest BCUT2D eigenvalue weighted by Crippen LogP contribution is -2.46. The molecule has 0 fully saturated rings. The molecule has 0 saturated heterocycles. The van der Waals surface area contributed by atoms with Gasteiger partial charge in [0, 0.05) is 6.42 Å². The van der Waals surface area contributed by atoms with Gasteiger partial charge in [-0.1, -0.05) is 348 Å². The highest BCUT2D eigenvalue weighted by molar-refractivity contribution is 7.45. The number of quaternary nitrogens is 1. The minimum Gasteiger partial charge on any atom is -0.756 e. The van der Waals surface area contributed by atoms with Gasteiger partial charge in [-0.3, -0.25) is 9.36 Å². The van der Waals surface area contributed by atoms with E-state index in [1.165, 1.54) is 302 Å². The fourth-order valence-corrected chi connectivity index (χ4v) is 11.5. The molecule has 0 aromatic heterocycles. The van der Waals surface area contributed by atoms with Gasteiger partial charge in [-0.25, -0.2) is 0 Å². The van der Waals surface area contributed by atoms with Crippen LogP contribution in [-0.4, -0.2) is 68.5 Å². The molecule has 1 amide bonds. The lowest BCUT2D eigenvalue weighted by molar-refractivity contribution is -0.870. The van der Waals surface area contributed by atoms with Crippen LogP contribution >= 0.6 is 7.82 Å². The minimum atomic E-state index is -4.57. The number of unbranched alkanes of at least 4 members (excludes halogenated alkanes) is 51. The van der Waals surface area contributed by atoms with Crippen molar-refractivity contribution in [1.29, 1.82) is 0 Å². The molecule has 450 valence electrons. The number of amides is 1. The normalized spacial score (nSPS) is 13.6. The lowest BCUT2D eigenvalue weighted by Gasteiger charge is -2.30. The van der Waals surface area contributed by atoms with Crippen LogP contribution in [0.3, 0.4) is 0 Å². The van der Waals surface area contributed by atoms with E-state index in [9.17, 15) is 19.4 Å². The van der Waals surface area contributed by atoms with Crippen LogP contribution in [-0.2, 0) is 18.4 Å². The molecule has 0 radical (unpaired) electrons. The van der Waals surface area contributed by atoms with Crippen LogP contribution < -0.4 is 10.2 Å². The summed E-state index contributed by atoms with van der Waals surface area (Å²) in [5, 5.41) is 14.0. The number of phosphoric ester groups is 1. The average Bonchev–Trinajstić information content (AvgIpc) is 3.37. The number of carbonyl (C=O) groups excluding carboxylic acids is 1. The molecule has 0 rings (SSSR count). The molecule has 75 heavy (non-hydrogen) atoms. The van der Waals surface area contributed by atoms with E-state index in [1.54, 1.807) is 0 Å². The van der Waals surface area contributed by atoms with Crippen molar-refractivity contribution in [1.82, 2.24) is 5.32 Å². The number of phosphoric acid groups is 1. The Morgan fingerprint density at radius 1 is 0.413 bits per heavy atom. The van der Waals surface area contributed by atoms with E-state index >= 15 is 0 Å². The molecule has 0 spiro atoms.